The zero-order valence-corrected chi connectivity index (χ0v) is 23.1. The molecule has 2 N–H and O–H groups in total. The number of carbonyl (C=O) groups excluding carboxylic acids is 2. The molecular weight excluding hydrogens is 521 g/mol. The topological polar surface area (TPSA) is 105 Å². The molecule has 0 aromatic heterocycles. The normalized spacial score (nSPS) is 12.0. The molecule has 39 heavy (non-hydrogen) atoms. The van der Waals surface area contributed by atoms with Gasteiger partial charge in [0, 0.05) is 18.8 Å². The first-order valence-corrected chi connectivity index (χ1v) is 14.2. The maximum absolute atomic E-state index is 13.2. The molecule has 10 heteroatoms. The zero-order chi connectivity index (χ0) is 28.4. The fraction of sp³-hybridized carbons (Fsp3) is 0.310. The minimum atomic E-state index is -3.90. The number of hydrogen-bond acceptors (Lipinski definition) is 5. The van der Waals surface area contributed by atoms with Crippen molar-refractivity contribution in [1.82, 2.24) is 10.2 Å². The number of amides is 2. The first-order valence-electron chi connectivity index (χ1n) is 12.7. The molecule has 0 saturated carbocycles. The zero-order valence-electron chi connectivity index (χ0n) is 22.3. The average molecular weight is 556 g/mol. The van der Waals surface area contributed by atoms with E-state index in [1.807, 2.05) is 30.3 Å². The second-order valence-electron chi connectivity index (χ2n) is 9.53. The third-order valence-electron chi connectivity index (χ3n) is 5.98. The smallest absolute Gasteiger partial charge is 0.261 e. The van der Waals surface area contributed by atoms with Gasteiger partial charge in [0.25, 0.3) is 15.9 Å². The summed E-state index contributed by atoms with van der Waals surface area (Å²) in [6.45, 7) is 6.24. The predicted octanol–water partition coefficient (Wildman–Crippen LogP) is 4.58. The van der Waals surface area contributed by atoms with Crippen molar-refractivity contribution in [1.29, 1.82) is 0 Å². The first kappa shape index (κ1) is 29.6. The lowest BCUT2D eigenvalue weighted by atomic mass is 10.1. The molecule has 8 nitrogen and oxygen atoms in total. The SMILES string of the molecule is CC(C)CCNC(=O)[C@@H](C)N(Cc1ccccc1)C(=O)COc1ccc(S(=O)(=O)Nc2ccc(F)cc2)cc1. The van der Waals surface area contributed by atoms with Crippen molar-refractivity contribution in [3.05, 3.63) is 90.2 Å². The van der Waals surface area contributed by atoms with Gasteiger partial charge in [-0.2, -0.15) is 0 Å². The van der Waals surface area contributed by atoms with Crippen molar-refractivity contribution in [2.45, 2.75) is 44.7 Å². The van der Waals surface area contributed by atoms with Crippen molar-refractivity contribution in [2.75, 3.05) is 17.9 Å². The van der Waals surface area contributed by atoms with Gasteiger partial charge >= 0.3 is 0 Å². The fourth-order valence-electron chi connectivity index (χ4n) is 3.67. The van der Waals surface area contributed by atoms with Crippen LogP contribution >= 0.6 is 0 Å². The summed E-state index contributed by atoms with van der Waals surface area (Å²) >= 11 is 0. The number of sulfonamides is 1. The lowest BCUT2D eigenvalue weighted by Crippen LogP contribution is -2.49. The van der Waals surface area contributed by atoms with Crippen LogP contribution in [0.2, 0.25) is 0 Å². The summed E-state index contributed by atoms with van der Waals surface area (Å²) in [6, 6.07) is 19.2. The molecule has 0 aliphatic rings. The van der Waals surface area contributed by atoms with E-state index in [1.165, 1.54) is 41.3 Å². The molecule has 0 fully saturated rings. The van der Waals surface area contributed by atoms with Crippen molar-refractivity contribution in [3.63, 3.8) is 0 Å². The second-order valence-corrected chi connectivity index (χ2v) is 11.2. The molecule has 3 aromatic rings. The highest BCUT2D eigenvalue weighted by Crippen LogP contribution is 2.20. The van der Waals surface area contributed by atoms with Gasteiger partial charge in [0.05, 0.1) is 4.90 Å². The number of hydrogen-bond donors (Lipinski definition) is 2. The van der Waals surface area contributed by atoms with Crippen LogP contribution in [0.15, 0.2) is 83.8 Å². The quantitative estimate of drug-likeness (QED) is 0.321. The van der Waals surface area contributed by atoms with Crippen LogP contribution in [0.5, 0.6) is 5.75 Å². The fourth-order valence-corrected chi connectivity index (χ4v) is 4.73. The van der Waals surface area contributed by atoms with Crippen LogP contribution in [-0.2, 0) is 26.2 Å². The van der Waals surface area contributed by atoms with Gasteiger partial charge < -0.3 is 15.0 Å². The second kappa shape index (κ2) is 13.7. The van der Waals surface area contributed by atoms with Gasteiger partial charge in [-0.3, -0.25) is 14.3 Å². The van der Waals surface area contributed by atoms with Crippen molar-refractivity contribution in [3.8, 4) is 5.75 Å². The van der Waals surface area contributed by atoms with Gasteiger partial charge in [-0.1, -0.05) is 44.2 Å². The van der Waals surface area contributed by atoms with E-state index in [9.17, 15) is 22.4 Å². The van der Waals surface area contributed by atoms with Gasteiger partial charge in [-0.05, 0) is 73.4 Å². The van der Waals surface area contributed by atoms with E-state index in [4.69, 9.17) is 4.74 Å². The van der Waals surface area contributed by atoms with E-state index in [2.05, 4.69) is 23.9 Å². The van der Waals surface area contributed by atoms with Crippen molar-refractivity contribution < 1.29 is 27.1 Å². The predicted molar refractivity (Wildman–Crippen MR) is 148 cm³/mol. The number of halogens is 1. The van der Waals surface area contributed by atoms with Crippen LogP contribution in [0, 0.1) is 11.7 Å². The van der Waals surface area contributed by atoms with Crippen LogP contribution < -0.4 is 14.8 Å². The Hall–Kier alpha value is -3.92. The molecule has 0 aliphatic heterocycles. The Morgan fingerprint density at radius 1 is 0.923 bits per heavy atom. The van der Waals surface area contributed by atoms with Gasteiger partial charge in [0.1, 0.15) is 17.6 Å². The highest BCUT2D eigenvalue weighted by atomic mass is 32.2. The number of nitrogens with one attached hydrogen (secondary N) is 2. The van der Waals surface area contributed by atoms with Crippen LogP contribution in [0.1, 0.15) is 32.8 Å². The third kappa shape index (κ3) is 9.10. The highest BCUT2D eigenvalue weighted by Gasteiger charge is 2.26. The van der Waals surface area contributed by atoms with Gasteiger partial charge in [-0.15, -0.1) is 0 Å². The van der Waals surface area contributed by atoms with Crippen LogP contribution in [0.25, 0.3) is 0 Å². The molecule has 1 atom stereocenters. The summed E-state index contributed by atoms with van der Waals surface area (Å²) in [4.78, 5) is 27.4. The third-order valence-corrected chi connectivity index (χ3v) is 7.37. The van der Waals surface area contributed by atoms with Gasteiger partial charge in [-0.25, -0.2) is 12.8 Å². The highest BCUT2D eigenvalue weighted by molar-refractivity contribution is 7.92. The van der Waals surface area contributed by atoms with Crippen molar-refractivity contribution in [2.24, 2.45) is 5.92 Å². The van der Waals surface area contributed by atoms with Crippen molar-refractivity contribution >= 4 is 27.5 Å². The van der Waals surface area contributed by atoms with Gasteiger partial charge in [0.15, 0.2) is 6.61 Å². The Morgan fingerprint density at radius 3 is 2.18 bits per heavy atom. The summed E-state index contributed by atoms with van der Waals surface area (Å²) in [6.07, 6.45) is 0.833. The standard InChI is InChI=1S/C29H34FN3O5S/c1-21(2)17-18-31-29(35)22(3)33(19-23-7-5-4-6-8-23)28(34)20-38-26-13-15-27(16-14-26)39(36,37)32-25-11-9-24(30)10-12-25/h4-16,21-22,32H,17-20H2,1-3H3,(H,31,35)/t22-/m1/s1. The van der Waals surface area contributed by atoms with E-state index in [0.29, 0.717) is 12.5 Å². The number of ether oxygens (including phenoxy) is 1. The molecule has 0 radical (unpaired) electrons. The molecule has 0 unspecified atom stereocenters. The summed E-state index contributed by atoms with van der Waals surface area (Å²) < 4.78 is 46.4. The van der Waals surface area contributed by atoms with E-state index in [1.54, 1.807) is 6.92 Å². The Kier molecular flexibility index (Phi) is 10.4. The van der Waals surface area contributed by atoms with Gasteiger partial charge in [0.2, 0.25) is 5.91 Å². The largest absolute Gasteiger partial charge is 0.484 e. The summed E-state index contributed by atoms with van der Waals surface area (Å²) in [5, 5.41) is 2.89. The number of anilines is 1. The summed E-state index contributed by atoms with van der Waals surface area (Å²) in [5.74, 6) is -0.380. The minimum Gasteiger partial charge on any atom is -0.484 e. The molecule has 0 heterocycles. The maximum Gasteiger partial charge on any atom is 0.261 e. The minimum absolute atomic E-state index is 0.0251. The summed E-state index contributed by atoms with van der Waals surface area (Å²) in [5.41, 5.74) is 1.10. The van der Waals surface area contributed by atoms with E-state index in [0.717, 1.165) is 24.1 Å². The Morgan fingerprint density at radius 2 is 1.56 bits per heavy atom. The number of carbonyl (C=O) groups is 2. The van der Waals surface area contributed by atoms with E-state index in [-0.39, 0.29) is 41.3 Å². The molecular formula is C29H34FN3O5S. The molecule has 208 valence electrons. The van der Waals surface area contributed by atoms with Crippen LogP contribution in [-0.4, -0.2) is 44.3 Å². The number of nitrogens with zero attached hydrogens (tertiary/aromatic N) is 1. The Labute approximate surface area is 229 Å². The molecule has 0 bridgehead atoms. The molecule has 3 rings (SSSR count). The molecule has 0 aliphatic carbocycles. The Bertz CT molecular complexity index is 1330. The van der Waals surface area contributed by atoms with E-state index >= 15 is 0 Å². The lowest BCUT2D eigenvalue weighted by Gasteiger charge is -2.29. The Balaban J connectivity index is 1.65. The number of benzene rings is 3. The number of rotatable bonds is 13. The molecule has 0 spiro atoms. The molecule has 0 saturated heterocycles. The van der Waals surface area contributed by atoms with Crippen LogP contribution in [0.3, 0.4) is 0 Å². The first-order chi connectivity index (χ1) is 18.5. The maximum atomic E-state index is 13.2. The molecule has 2 amide bonds. The molecule has 3 aromatic carbocycles. The monoisotopic (exact) mass is 555 g/mol. The average Bonchev–Trinajstić information content (AvgIpc) is 2.91. The van der Waals surface area contributed by atoms with Crippen LogP contribution in [0.4, 0.5) is 10.1 Å². The summed E-state index contributed by atoms with van der Waals surface area (Å²) in [7, 11) is -3.90. The lowest BCUT2D eigenvalue weighted by molar-refractivity contribution is -0.142. The van der Waals surface area contributed by atoms with E-state index < -0.39 is 21.9 Å².